The third-order valence-corrected chi connectivity index (χ3v) is 4.62. The van der Waals surface area contributed by atoms with E-state index in [0.29, 0.717) is 11.9 Å². The average Bonchev–Trinajstić information content (AvgIpc) is 3.15. The zero-order valence-corrected chi connectivity index (χ0v) is 13.5. The maximum Gasteiger partial charge on any atom is 0.273 e. The fourth-order valence-electron chi connectivity index (χ4n) is 3.44. The second-order valence-corrected chi connectivity index (χ2v) is 6.45. The number of hydrogen-bond acceptors (Lipinski definition) is 6. The van der Waals surface area contributed by atoms with Gasteiger partial charge in [0.2, 0.25) is 0 Å². The molecule has 4 rings (SSSR count). The van der Waals surface area contributed by atoms with Gasteiger partial charge in [-0.2, -0.15) is 4.68 Å². The number of nitrogens with zero attached hydrogens (tertiary/aromatic N) is 3. The number of aromatic nitrogens is 3. The molecule has 1 amide bonds. The number of fused-ring (bicyclic) bond motifs is 3. The first-order chi connectivity index (χ1) is 11.6. The minimum Gasteiger partial charge on any atom is -0.364 e. The highest BCUT2D eigenvalue weighted by Gasteiger charge is 2.28. The van der Waals surface area contributed by atoms with Gasteiger partial charge in [0.25, 0.3) is 5.91 Å². The highest BCUT2D eigenvalue weighted by molar-refractivity contribution is 5.96. The molecule has 1 aliphatic carbocycles. The summed E-state index contributed by atoms with van der Waals surface area (Å²) in [6, 6.07) is 6.46. The van der Waals surface area contributed by atoms with Gasteiger partial charge in [-0.05, 0) is 37.5 Å². The predicted octanol–water partition coefficient (Wildman–Crippen LogP) is 1.33. The lowest BCUT2D eigenvalue weighted by Gasteiger charge is -2.24. The van der Waals surface area contributed by atoms with Crippen molar-refractivity contribution in [3.63, 3.8) is 0 Å². The van der Waals surface area contributed by atoms with Crippen molar-refractivity contribution in [1.29, 1.82) is 0 Å². The van der Waals surface area contributed by atoms with Crippen LogP contribution in [-0.4, -0.2) is 33.2 Å². The van der Waals surface area contributed by atoms with Crippen molar-refractivity contribution >= 4 is 17.4 Å². The first-order valence-electron chi connectivity index (χ1n) is 8.27. The monoisotopic (exact) mass is 327 g/mol. The molecule has 1 atom stereocenters. The maximum absolute atomic E-state index is 11.7. The summed E-state index contributed by atoms with van der Waals surface area (Å²) < 4.78 is 1.62. The number of hydrogen-bond donors (Lipinski definition) is 4. The molecule has 2 heterocycles. The van der Waals surface area contributed by atoms with E-state index in [-0.39, 0.29) is 12.0 Å². The van der Waals surface area contributed by atoms with Crippen LogP contribution in [0.25, 0.3) is 5.69 Å². The molecule has 0 spiro atoms. The number of nitrogens with two attached hydrogens (primary N) is 1. The Morgan fingerprint density at radius 2 is 2.12 bits per heavy atom. The van der Waals surface area contributed by atoms with Crippen LogP contribution < -0.4 is 21.7 Å². The summed E-state index contributed by atoms with van der Waals surface area (Å²) in [4.78, 5) is 11.7. The largest absolute Gasteiger partial charge is 0.364 e. The number of anilines is 2. The van der Waals surface area contributed by atoms with Crippen LogP contribution >= 0.6 is 0 Å². The van der Waals surface area contributed by atoms with E-state index >= 15 is 0 Å². The molecule has 0 saturated heterocycles. The number of aryl methyl sites for hydroxylation is 1. The van der Waals surface area contributed by atoms with Crippen LogP contribution in [0.2, 0.25) is 0 Å². The molecular weight excluding hydrogens is 306 g/mol. The van der Waals surface area contributed by atoms with Crippen LogP contribution in [0, 0.1) is 6.92 Å². The van der Waals surface area contributed by atoms with Gasteiger partial charge < -0.3 is 16.4 Å². The Bertz CT molecular complexity index is 779. The second kappa shape index (κ2) is 5.79. The van der Waals surface area contributed by atoms with Gasteiger partial charge in [-0.1, -0.05) is 24.1 Å². The minimum atomic E-state index is -0.598. The Kier molecular flexibility index (Phi) is 3.61. The molecule has 2 aliphatic rings. The molecule has 24 heavy (non-hydrogen) atoms. The summed E-state index contributed by atoms with van der Waals surface area (Å²) in [7, 11) is 0. The van der Waals surface area contributed by atoms with Crippen molar-refractivity contribution in [2.45, 2.75) is 44.9 Å². The molecule has 8 heteroatoms. The number of carbonyl (C=O) groups excluding carboxylic acids is 1. The fourth-order valence-corrected chi connectivity index (χ4v) is 3.44. The van der Waals surface area contributed by atoms with E-state index in [2.05, 4.69) is 32.3 Å². The van der Waals surface area contributed by atoms with Gasteiger partial charge in [-0.25, -0.2) is 0 Å². The zero-order chi connectivity index (χ0) is 16.7. The van der Waals surface area contributed by atoms with Gasteiger partial charge in [0, 0.05) is 6.04 Å². The molecule has 0 radical (unpaired) electrons. The van der Waals surface area contributed by atoms with Crippen molar-refractivity contribution in [2.75, 3.05) is 10.6 Å². The normalized spacial score (nSPS) is 19.8. The molecule has 8 nitrogen and oxygen atoms in total. The zero-order valence-electron chi connectivity index (χ0n) is 13.5. The molecular formula is C16H21N7O. The standard InChI is InChI=1S/C16H21N7O/c1-9-6-7-12-11(8-9)19-16(18-10-4-2-3-5-10)20-15-13(14(17)24)21-22-23(12)15/h6-8,10,16,18-20H,2-5H2,1H3,(H2,17,24). The average molecular weight is 327 g/mol. The lowest BCUT2D eigenvalue weighted by Crippen LogP contribution is -2.47. The first-order valence-corrected chi connectivity index (χ1v) is 8.27. The highest BCUT2D eigenvalue weighted by atomic mass is 16.1. The topological polar surface area (TPSA) is 110 Å². The van der Waals surface area contributed by atoms with E-state index in [1.165, 1.54) is 12.8 Å². The van der Waals surface area contributed by atoms with E-state index in [4.69, 9.17) is 5.73 Å². The number of rotatable bonds is 3. The third-order valence-electron chi connectivity index (χ3n) is 4.62. The van der Waals surface area contributed by atoms with Crippen LogP contribution in [0.4, 0.5) is 11.5 Å². The smallest absolute Gasteiger partial charge is 0.273 e. The Labute approximate surface area is 139 Å². The summed E-state index contributed by atoms with van der Waals surface area (Å²) in [5.41, 5.74) is 8.49. The number of amides is 1. The lowest BCUT2D eigenvalue weighted by atomic mass is 10.2. The summed E-state index contributed by atoms with van der Waals surface area (Å²) in [5, 5.41) is 18.4. The fraction of sp³-hybridized carbons (Fsp3) is 0.438. The third kappa shape index (κ3) is 2.58. The van der Waals surface area contributed by atoms with Crippen LogP contribution in [0.1, 0.15) is 41.7 Å². The molecule has 1 saturated carbocycles. The number of benzene rings is 1. The second-order valence-electron chi connectivity index (χ2n) is 6.45. The Morgan fingerprint density at radius 1 is 1.33 bits per heavy atom. The quantitative estimate of drug-likeness (QED) is 0.677. The van der Waals surface area contributed by atoms with Crippen molar-refractivity contribution < 1.29 is 4.79 Å². The minimum absolute atomic E-state index is 0.142. The molecule has 2 aromatic rings. The van der Waals surface area contributed by atoms with Gasteiger partial charge in [-0.3, -0.25) is 10.1 Å². The number of primary amides is 1. The molecule has 1 aromatic heterocycles. The van der Waals surface area contributed by atoms with Crippen molar-refractivity contribution in [1.82, 2.24) is 20.3 Å². The summed E-state index contributed by atoms with van der Waals surface area (Å²) in [6.07, 6.45) is 4.56. The Balaban J connectivity index is 1.76. The van der Waals surface area contributed by atoms with E-state index < -0.39 is 5.91 Å². The molecule has 1 aromatic carbocycles. The van der Waals surface area contributed by atoms with Crippen molar-refractivity contribution in [3.8, 4) is 5.69 Å². The van der Waals surface area contributed by atoms with Crippen molar-refractivity contribution in [3.05, 3.63) is 29.5 Å². The Hall–Kier alpha value is -2.61. The van der Waals surface area contributed by atoms with Crippen LogP contribution in [-0.2, 0) is 0 Å². The van der Waals surface area contributed by atoms with E-state index in [0.717, 1.165) is 29.8 Å². The van der Waals surface area contributed by atoms with Crippen molar-refractivity contribution in [2.24, 2.45) is 5.73 Å². The van der Waals surface area contributed by atoms with Gasteiger partial charge in [-0.15, -0.1) is 5.10 Å². The molecule has 0 bridgehead atoms. The molecule has 1 unspecified atom stereocenters. The van der Waals surface area contributed by atoms with E-state index in [9.17, 15) is 4.79 Å². The van der Waals surface area contributed by atoms with Crippen LogP contribution in [0.15, 0.2) is 18.2 Å². The van der Waals surface area contributed by atoms with Gasteiger partial charge in [0.15, 0.2) is 17.8 Å². The Morgan fingerprint density at radius 3 is 2.88 bits per heavy atom. The molecule has 1 aliphatic heterocycles. The van der Waals surface area contributed by atoms with Crippen LogP contribution in [0.3, 0.4) is 0 Å². The number of carbonyl (C=O) groups is 1. The van der Waals surface area contributed by atoms with E-state index in [1.807, 2.05) is 19.1 Å². The lowest BCUT2D eigenvalue weighted by molar-refractivity contribution is 0.0996. The summed E-state index contributed by atoms with van der Waals surface area (Å²) in [5.74, 6) is -0.0907. The van der Waals surface area contributed by atoms with Crippen LogP contribution in [0.5, 0.6) is 0 Å². The van der Waals surface area contributed by atoms with E-state index in [1.54, 1.807) is 4.68 Å². The summed E-state index contributed by atoms with van der Waals surface area (Å²) >= 11 is 0. The van der Waals surface area contributed by atoms with Gasteiger partial charge in [0.05, 0.1) is 11.4 Å². The predicted molar refractivity (Wildman–Crippen MR) is 91.0 cm³/mol. The SMILES string of the molecule is Cc1ccc2c(c1)NC(NC1CCCC1)Nc1c(C(N)=O)nnn1-2. The first kappa shape index (κ1) is 14.9. The molecule has 1 fully saturated rings. The molecule has 5 N–H and O–H groups in total. The maximum atomic E-state index is 11.7. The van der Waals surface area contributed by atoms with Gasteiger partial charge in [0.1, 0.15) is 0 Å². The summed E-state index contributed by atoms with van der Waals surface area (Å²) in [6.45, 7) is 2.04. The highest BCUT2D eigenvalue weighted by Crippen LogP contribution is 2.30. The van der Waals surface area contributed by atoms with Gasteiger partial charge >= 0.3 is 0 Å². The number of nitrogens with one attached hydrogen (secondary N) is 3. The molecule has 126 valence electrons.